The SMILES string of the molecule is Cc1cc(Nc2ncc3sc(C(N)=O)c(-c4ccccc4)c3n2)c(OC(C)C)cc1C1CCN(C)CC1. The van der Waals surface area contributed by atoms with Crippen LogP contribution in [0.3, 0.4) is 0 Å². The van der Waals surface area contributed by atoms with Gasteiger partial charge in [0.25, 0.3) is 5.91 Å². The number of aromatic nitrogens is 2. The third kappa shape index (κ3) is 5.31. The maximum absolute atomic E-state index is 12.3. The van der Waals surface area contributed by atoms with Gasteiger partial charge in [0.05, 0.1) is 28.2 Å². The van der Waals surface area contributed by atoms with Gasteiger partial charge in [0.2, 0.25) is 5.95 Å². The molecule has 3 heterocycles. The van der Waals surface area contributed by atoms with E-state index in [9.17, 15) is 4.79 Å². The molecule has 0 radical (unpaired) electrons. The molecule has 0 atom stereocenters. The zero-order valence-corrected chi connectivity index (χ0v) is 22.6. The normalized spacial score (nSPS) is 14.8. The van der Waals surface area contributed by atoms with E-state index < -0.39 is 5.91 Å². The van der Waals surface area contributed by atoms with E-state index >= 15 is 0 Å². The molecule has 5 rings (SSSR count). The molecule has 0 bridgehead atoms. The van der Waals surface area contributed by atoms with E-state index in [1.165, 1.54) is 22.5 Å². The Balaban J connectivity index is 1.54. The van der Waals surface area contributed by atoms with Crippen LogP contribution in [-0.4, -0.2) is 47.0 Å². The van der Waals surface area contributed by atoms with Gasteiger partial charge >= 0.3 is 0 Å². The molecule has 8 heteroatoms. The number of carbonyl (C=O) groups is 1. The lowest BCUT2D eigenvalue weighted by molar-refractivity contribution is 0.100. The number of amides is 1. The Labute approximate surface area is 221 Å². The van der Waals surface area contributed by atoms with E-state index in [0.29, 0.717) is 22.3 Å². The molecule has 0 aliphatic carbocycles. The molecule has 192 valence electrons. The summed E-state index contributed by atoms with van der Waals surface area (Å²) in [6, 6.07) is 14.1. The third-order valence-corrected chi connectivity index (χ3v) is 7.98. The number of benzene rings is 2. The largest absolute Gasteiger partial charge is 0.489 e. The minimum Gasteiger partial charge on any atom is -0.489 e. The predicted octanol–water partition coefficient (Wildman–Crippen LogP) is 6.11. The number of nitrogens with one attached hydrogen (secondary N) is 1. The van der Waals surface area contributed by atoms with E-state index in [2.05, 4.69) is 41.3 Å². The molecular weight excluding hydrogens is 482 g/mol. The van der Waals surface area contributed by atoms with Crippen LogP contribution in [0.4, 0.5) is 11.6 Å². The maximum atomic E-state index is 12.3. The lowest BCUT2D eigenvalue weighted by atomic mass is 9.86. The van der Waals surface area contributed by atoms with Gasteiger partial charge in [-0.2, -0.15) is 0 Å². The highest BCUT2D eigenvalue weighted by atomic mass is 32.1. The van der Waals surface area contributed by atoms with E-state index in [1.54, 1.807) is 6.20 Å². The first kappa shape index (κ1) is 25.2. The van der Waals surface area contributed by atoms with Gasteiger partial charge in [-0.25, -0.2) is 9.97 Å². The van der Waals surface area contributed by atoms with Crippen LogP contribution in [-0.2, 0) is 0 Å². The average Bonchev–Trinajstić information content (AvgIpc) is 3.26. The minimum atomic E-state index is -0.468. The third-order valence-electron chi connectivity index (χ3n) is 6.85. The number of nitrogens with two attached hydrogens (primary N) is 1. The van der Waals surface area contributed by atoms with Crippen molar-refractivity contribution >= 4 is 39.1 Å². The Hall–Kier alpha value is -3.49. The molecule has 1 aliphatic heterocycles. The van der Waals surface area contributed by atoms with Crippen molar-refractivity contribution in [3.8, 4) is 16.9 Å². The Kier molecular flexibility index (Phi) is 7.13. The Morgan fingerprint density at radius 1 is 1.19 bits per heavy atom. The van der Waals surface area contributed by atoms with Gasteiger partial charge in [0.1, 0.15) is 10.6 Å². The number of piperidine rings is 1. The van der Waals surface area contributed by atoms with E-state index in [4.69, 9.17) is 15.5 Å². The molecule has 1 amide bonds. The fraction of sp³-hybridized carbons (Fsp3) is 0.345. The highest BCUT2D eigenvalue weighted by molar-refractivity contribution is 7.21. The summed E-state index contributed by atoms with van der Waals surface area (Å²) in [5.41, 5.74) is 11.5. The smallest absolute Gasteiger partial charge is 0.259 e. The van der Waals surface area contributed by atoms with E-state index in [0.717, 1.165) is 53.2 Å². The maximum Gasteiger partial charge on any atom is 0.259 e. The molecule has 7 nitrogen and oxygen atoms in total. The van der Waals surface area contributed by atoms with Crippen LogP contribution >= 0.6 is 11.3 Å². The van der Waals surface area contributed by atoms with Gasteiger partial charge in [0.15, 0.2) is 0 Å². The lowest BCUT2D eigenvalue weighted by Gasteiger charge is -2.30. The highest BCUT2D eigenvalue weighted by Crippen LogP contribution is 2.40. The number of likely N-dealkylation sites (tertiary alicyclic amines) is 1. The molecule has 2 aromatic heterocycles. The zero-order valence-electron chi connectivity index (χ0n) is 21.7. The summed E-state index contributed by atoms with van der Waals surface area (Å²) >= 11 is 1.32. The fourth-order valence-corrected chi connectivity index (χ4v) is 6.02. The van der Waals surface area contributed by atoms with Crippen LogP contribution in [0.15, 0.2) is 48.7 Å². The molecule has 4 aromatic rings. The number of aryl methyl sites for hydroxylation is 1. The van der Waals surface area contributed by atoms with Crippen LogP contribution < -0.4 is 15.8 Å². The van der Waals surface area contributed by atoms with Crippen molar-refractivity contribution in [3.05, 3.63) is 64.7 Å². The van der Waals surface area contributed by atoms with Crippen LogP contribution in [0, 0.1) is 6.92 Å². The summed E-state index contributed by atoms with van der Waals surface area (Å²) in [4.78, 5) is 24.5. The number of anilines is 2. The number of thiophene rings is 1. The number of fused-ring (bicyclic) bond motifs is 1. The number of hydrogen-bond acceptors (Lipinski definition) is 7. The number of hydrogen-bond donors (Lipinski definition) is 2. The van der Waals surface area contributed by atoms with Gasteiger partial charge < -0.3 is 20.7 Å². The van der Waals surface area contributed by atoms with Crippen LogP contribution in [0.25, 0.3) is 21.3 Å². The molecule has 0 unspecified atom stereocenters. The number of primary amides is 1. The van der Waals surface area contributed by atoms with Crippen molar-refractivity contribution in [1.29, 1.82) is 0 Å². The molecule has 1 saturated heterocycles. The minimum absolute atomic E-state index is 0.0247. The van der Waals surface area contributed by atoms with E-state index in [-0.39, 0.29) is 6.10 Å². The second-order valence-electron chi connectivity index (χ2n) is 10.0. The fourth-order valence-electron chi connectivity index (χ4n) is 5.03. The molecular formula is C29H33N5O2S. The monoisotopic (exact) mass is 515 g/mol. The second-order valence-corrected chi connectivity index (χ2v) is 11.1. The second kappa shape index (κ2) is 10.5. The van der Waals surface area contributed by atoms with Gasteiger partial charge in [-0.3, -0.25) is 4.79 Å². The van der Waals surface area contributed by atoms with Crippen molar-refractivity contribution in [2.24, 2.45) is 5.73 Å². The van der Waals surface area contributed by atoms with Gasteiger partial charge in [0, 0.05) is 5.56 Å². The van der Waals surface area contributed by atoms with Crippen molar-refractivity contribution in [3.63, 3.8) is 0 Å². The molecule has 2 aromatic carbocycles. The Bertz CT molecular complexity index is 1430. The molecule has 0 saturated carbocycles. The predicted molar refractivity (Wildman–Crippen MR) is 151 cm³/mol. The van der Waals surface area contributed by atoms with Crippen molar-refractivity contribution in [2.75, 3.05) is 25.5 Å². The van der Waals surface area contributed by atoms with Crippen molar-refractivity contribution in [2.45, 2.75) is 45.6 Å². The summed E-state index contributed by atoms with van der Waals surface area (Å²) in [7, 11) is 2.18. The van der Waals surface area contributed by atoms with Crippen LogP contribution in [0.2, 0.25) is 0 Å². The molecule has 37 heavy (non-hydrogen) atoms. The Morgan fingerprint density at radius 2 is 1.92 bits per heavy atom. The number of nitrogens with zero attached hydrogens (tertiary/aromatic N) is 3. The molecule has 3 N–H and O–H groups in total. The zero-order chi connectivity index (χ0) is 26.1. The highest BCUT2D eigenvalue weighted by Gasteiger charge is 2.23. The van der Waals surface area contributed by atoms with Crippen LogP contribution in [0.1, 0.15) is 53.4 Å². The van der Waals surface area contributed by atoms with Crippen LogP contribution in [0.5, 0.6) is 5.75 Å². The van der Waals surface area contributed by atoms with Gasteiger partial charge in [-0.1, -0.05) is 30.3 Å². The number of carbonyl (C=O) groups excluding carboxylic acids is 1. The van der Waals surface area contributed by atoms with Gasteiger partial charge in [-0.15, -0.1) is 11.3 Å². The summed E-state index contributed by atoms with van der Waals surface area (Å²) in [5, 5.41) is 3.40. The molecule has 0 spiro atoms. The Morgan fingerprint density at radius 3 is 2.59 bits per heavy atom. The first-order chi connectivity index (χ1) is 17.8. The summed E-state index contributed by atoms with van der Waals surface area (Å²) in [6.45, 7) is 8.44. The van der Waals surface area contributed by atoms with Crippen molar-refractivity contribution < 1.29 is 9.53 Å². The lowest BCUT2D eigenvalue weighted by Crippen LogP contribution is -2.29. The average molecular weight is 516 g/mol. The summed E-state index contributed by atoms with van der Waals surface area (Å²) < 4.78 is 7.06. The molecule has 1 fully saturated rings. The van der Waals surface area contributed by atoms with E-state index in [1.807, 2.05) is 44.2 Å². The standard InChI is InChI=1S/C29H33N5O2S/c1-17(2)36-23-15-21(19-10-12-34(4)13-11-19)18(3)14-22(23)32-29-31-16-24-26(33-29)25(27(37-24)28(30)35)20-8-6-5-7-9-20/h5-9,14-17,19H,10-13H2,1-4H3,(H2,30,35)(H,31,32,33). The summed E-state index contributed by atoms with van der Waals surface area (Å²) in [5.74, 6) is 1.30. The number of rotatable bonds is 7. The van der Waals surface area contributed by atoms with Crippen molar-refractivity contribution in [1.82, 2.24) is 14.9 Å². The topological polar surface area (TPSA) is 93.4 Å². The quantitative estimate of drug-likeness (QED) is 0.309. The first-order valence-corrected chi connectivity index (χ1v) is 13.5. The molecule has 1 aliphatic rings. The summed E-state index contributed by atoms with van der Waals surface area (Å²) in [6.07, 6.45) is 4.06. The first-order valence-electron chi connectivity index (χ1n) is 12.7. The van der Waals surface area contributed by atoms with Gasteiger partial charge in [-0.05, 0) is 88.5 Å². The number of ether oxygens (including phenoxy) is 1.